The Bertz CT molecular complexity index is 1820. The molecule has 2 N–H and O–H groups in total. The van der Waals surface area contributed by atoms with Crippen molar-refractivity contribution in [3.05, 3.63) is 136 Å². The van der Waals surface area contributed by atoms with Crippen molar-refractivity contribution >= 4 is 28.3 Å². The Labute approximate surface area is 254 Å². The van der Waals surface area contributed by atoms with Crippen molar-refractivity contribution in [3.63, 3.8) is 0 Å². The number of carbonyl (C=O) groups is 2. The van der Waals surface area contributed by atoms with Gasteiger partial charge in [0.15, 0.2) is 5.13 Å². The molecule has 214 valence electrons. The third kappa shape index (κ3) is 4.79. The van der Waals surface area contributed by atoms with Crippen molar-refractivity contribution in [2.45, 2.75) is 31.7 Å². The number of thiazole rings is 1. The van der Waals surface area contributed by atoms with Gasteiger partial charge in [0.25, 0.3) is 5.91 Å². The molecule has 8 rings (SSSR count). The van der Waals surface area contributed by atoms with E-state index in [2.05, 4.69) is 66.1 Å². The van der Waals surface area contributed by atoms with Gasteiger partial charge in [-0.25, -0.2) is 4.98 Å². The van der Waals surface area contributed by atoms with Crippen LogP contribution in [-0.4, -0.2) is 23.9 Å². The summed E-state index contributed by atoms with van der Waals surface area (Å²) < 4.78 is 5.27. The fourth-order valence-electron chi connectivity index (χ4n) is 6.78. The fourth-order valence-corrected chi connectivity index (χ4v) is 7.49. The lowest BCUT2D eigenvalue weighted by Crippen LogP contribution is -2.47. The first-order chi connectivity index (χ1) is 20.9. The first-order valence-electron chi connectivity index (χ1n) is 14.4. The van der Waals surface area contributed by atoms with E-state index in [9.17, 15) is 9.59 Å². The van der Waals surface area contributed by atoms with E-state index in [1.165, 1.54) is 33.6 Å². The molecule has 0 aliphatic heterocycles. The normalized spacial score (nSPS) is 19.7. The molecule has 4 aromatic carbocycles. The number of hydrogen-bond donors (Lipinski definition) is 2. The minimum atomic E-state index is -0.611. The van der Waals surface area contributed by atoms with Crippen LogP contribution >= 0.6 is 11.3 Å². The van der Waals surface area contributed by atoms with E-state index in [1.807, 2.05) is 47.8 Å². The molecule has 1 unspecified atom stereocenters. The highest BCUT2D eigenvalue weighted by molar-refractivity contribution is 7.14. The van der Waals surface area contributed by atoms with Crippen molar-refractivity contribution in [2.75, 3.05) is 12.4 Å². The Hall–Kier alpha value is -4.75. The maximum atomic E-state index is 14.0. The van der Waals surface area contributed by atoms with Crippen LogP contribution in [0.2, 0.25) is 0 Å². The Balaban J connectivity index is 1.08. The molecule has 43 heavy (non-hydrogen) atoms. The van der Waals surface area contributed by atoms with E-state index in [1.54, 1.807) is 13.2 Å². The molecule has 0 saturated carbocycles. The van der Waals surface area contributed by atoms with Gasteiger partial charge in [0.1, 0.15) is 5.75 Å². The number of ether oxygens (including phenoxy) is 1. The summed E-state index contributed by atoms with van der Waals surface area (Å²) in [5.74, 6) is 0.737. The highest BCUT2D eigenvalue weighted by atomic mass is 32.1. The summed E-state index contributed by atoms with van der Waals surface area (Å²) in [6.45, 7) is 2.48. The Morgan fingerprint density at radius 1 is 0.907 bits per heavy atom. The summed E-state index contributed by atoms with van der Waals surface area (Å²) in [5.41, 5.74) is 7.58. The molecule has 7 heteroatoms. The van der Waals surface area contributed by atoms with Gasteiger partial charge in [-0.1, -0.05) is 72.8 Å². The zero-order valence-electron chi connectivity index (χ0n) is 24.0. The highest BCUT2D eigenvalue weighted by Gasteiger charge is 2.54. The van der Waals surface area contributed by atoms with Gasteiger partial charge in [0.2, 0.25) is 5.91 Å². The van der Waals surface area contributed by atoms with Crippen LogP contribution < -0.4 is 15.4 Å². The van der Waals surface area contributed by atoms with Crippen molar-refractivity contribution in [1.82, 2.24) is 10.3 Å². The van der Waals surface area contributed by atoms with E-state index in [4.69, 9.17) is 9.72 Å². The molecule has 2 amide bonds. The van der Waals surface area contributed by atoms with Gasteiger partial charge in [-0.15, -0.1) is 11.3 Å². The van der Waals surface area contributed by atoms with Crippen molar-refractivity contribution < 1.29 is 14.3 Å². The SMILES string of the molecule is COc1cccc(CNC(=O)c2cccc(-c3csc(NC(=O)C4(C)CC5c6ccccc6C4c4ccccc45)n3)c2)c1. The average Bonchev–Trinajstić information content (AvgIpc) is 3.52. The number of rotatable bonds is 7. The quantitative estimate of drug-likeness (QED) is 0.209. The number of benzene rings is 4. The summed E-state index contributed by atoms with van der Waals surface area (Å²) >= 11 is 1.40. The van der Waals surface area contributed by atoms with E-state index in [-0.39, 0.29) is 23.7 Å². The third-order valence-electron chi connectivity index (χ3n) is 8.88. The van der Waals surface area contributed by atoms with E-state index in [0.29, 0.717) is 22.9 Å². The number of amides is 2. The number of nitrogens with one attached hydrogen (secondary N) is 2. The van der Waals surface area contributed by atoms with Gasteiger partial charge in [0.05, 0.1) is 18.2 Å². The number of hydrogen-bond acceptors (Lipinski definition) is 5. The third-order valence-corrected chi connectivity index (χ3v) is 9.64. The number of carbonyl (C=O) groups excluding carboxylic acids is 2. The second-order valence-corrected chi connectivity index (χ2v) is 12.3. The Morgan fingerprint density at radius 3 is 2.33 bits per heavy atom. The van der Waals surface area contributed by atoms with Crippen LogP contribution in [-0.2, 0) is 11.3 Å². The Morgan fingerprint density at radius 2 is 1.60 bits per heavy atom. The molecular weight excluding hydrogens is 554 g/mol. The summed E-state index contributed by atoms with van der Waals surface area (Å²) in [5, 5.41) is 8.60. The topological polar surface area (TPSA) is 80.3 Å². The summed E-state index contributed by atoms with van der Waals surface area (Å²) in [6.07, 6.45) is 0.753. The summed E-state index contributed by atoms with van der Waals surface area (Å²) in [7, 11) is 1.62. The summed E-state index contributed by atoms with van der Waals surface area (Å²) in [6, 6.07) is 32.1. The van der Waals surface area contributed by atoms with Crippen LogP contribution in [0.15, 0.2) is 102 Å². The molecule has 5 aromatic rings. The molecule has 1 aromatic heterocycles. The zero-order valence-corrected chi connectivity index (χ0v) is 24.8. The number of fused-ring (bicyclic) bond motifs is 1. The zero-order chi connectivity index (χ0) is 29.6. The highest BCUT2D eigenvalue weighted by Crippen LogP contribution is 2.61. The number of anilines is 1. The molecule has 1 heterocycles. The summed E-state index contributed by atoms with van der Waals surface area (Å²) in [4.78, 5) is 31.7. The van der Waals surface area contributed by atoms with Gasteiger partial charge < -0.3 is 15.4 Å². The molecule has 0 radical (unpaired) electrons. The fraction of sp³-hybridized carbons (Fsp3) is 0.194. The molecule has 0 fully saturated rings. The second-order valence-electron chi connectivity index (χ2n) is 11.5. The lowest BCUT2D eigenvalue weighted by Gasteiger charge is -2.50. The standard InChI is InChI=1S/C36H31N3O3S/c1-36(19-30-26-13-3-5-15-28(26)32(36)29-16-6-4-14-27(29)30)34(41)39-35-38-31(21-43-35)23-10-8-11-24(18-23)33(40)37-20-22-9-7-12-25(17-22)42-2/h3-18,21,30,32H,19-20H2,1-2H3,(H,37,40)(H,38,39,41). The van der Waals surface area contributed by atoms with Crippen LogP contribution in [0.5, 0.6) is 5.75 Å². The van der Waals surface area contributed by atoms with Gasteiger partial charge in [-0.2, -0.15) is 0 Å². The predicted molar refractivity (Wildman–Crippen MR) is 170 cm³/mol. The van der Waals surface area contributed by atoms with Crippen LogP contribution in [0.4, 0.5) is 5.13 Å². The van der Waals surface area contributed by atoms with Crippen LogP contribution in [0, 0.1) is 5.41 Å². The lowest BCUT2D eigenvalue weighted by molar-refractivity contribution is -0.126. The number of nitrogens with zero attached hydrogens (tertiary/aromatic N) is 1. The molecule has 3 aliphatic rings. The maximum Gasteiger partial charge on any atom is 0.251 e. The monoisotopic (exact) mass is 585 g/mol. The van der Waals surface area contributed by atoms with Crippen molar-refractivity contribution in [2.24, 2.45) is 5.41 Å². The number of methoxy groups -OCH3 is 1. The predicted octanol–water partition coefficient (Wildman–Crippen LogP) is 7.37. The second kappa shape index (κ2) is 10.8. The average molecular weight is 586 g/mol. The first kappa shape index (κ1) is 27.1. The van der Waals surface area contributed by atoms with Crippen LogP contribution in [0.1, 0.15) is 63.4 Å². The molecule has 0 spiro atoms. The molecule has 1 atom stereocenters. The minimum absolute atomic E-state index is 0.0157. The molecule has 0 saturated heterocycles. The maximum absolute atomic E-state index is 14.0. The van der Waals surface area contributed by atoms with Gasteiger partial charge in [0, 0.05) is 34.9 Å². The Kier molecular flexibility index (Phi) is 6.82. The minimum Gasteiger partial charge on any atom is -0.497 e. The van der Waals surface area contributed by atoms with Crippen molar-refractivity contribution in [1.29, 1.82) is 0 Å². The van der Waals surface area contributed by atoms with Crippen LogP contribution in [0.25, 0.3) is 11.3 Å². The van der Waals surface area contributed by atoms with Gasteiger partial charge in [-0.3, -0.25) is 9.59 Å². The molecule has 6 nitrogen and oxygen atoms in total. The first-order valence-corrected chi connectivity index (χ1v) is 15.3. The lowest BCUT2D eigenvalue weighted by atomic mass is 9.52. The van der Waals surface area contributed by atoms with Gasteiger partial charge in [-0.05, 0) is 65.4 Å². The number of aromatic nitrogens is 1. The van der Waals surface area contributed by atoms with E-state index < -0.39 is 5.41 Å². The molecular formula is C36H31N3O3S. The van der Waals surface area contributed by atoms with Crippen molar-refractivity contribution in [3.8, 4) is 17.0 Å². The molecule has 3 aliphatic carbocycles. The van der Waals surface area contributed by atoms with E-state index >= 15 is 0 Å². The van der Waals surface area contributed by atoms with E-state index in [0.717, 1.165) is 23.3 Å². The van der Waals surface area contributed by atoms with Gasteiger partial charge >= 0.3 is 0 Å². The smallest absolute Gasteiger partial charge is 0.251 e. The van der Waals surface area contributed by atoms with Crippen LogP contribution in [0.3, 0.4) is 0 Å². The largest absolute Gasteiger partial charge is 0.497 e. The molecule has 2 bridgehead atoms.